The Balaban J connectivity index is 1.93. The summed E-state index contributed by atoms with van der Waals surface area (Å²) in [7, 11) is -3.54. The Morgan fingerprint density at radius 2 is 2.06 bits per heavy atom. The lowest BCUT2D eigenvalue weighted by Gasteiger charge is -2.08. The smallest absolute Gasteiger partial charge is 0.262 e. The largest absolute Gasteiger partial charge is 0.263 e. The molecule has 0 amide bonds. The van der Waals surface area contributed by atoms with Crippen LogP contribution < -0.4 is 4.72 Å². The van der Waals surface area contributed by atoms with Crippen molar-refractivity contribution < 1.29 is 8.42 Å². The lowest BCUT2D eigenvalue weighted by molar-refractivity contribution is 0.601. The van der Waals surface area contributed by atoms with Crippen LogP contribution in [-0.2, 0) is 10.0 Å². The minimum absolute atomic E-state index is 0.264. The van der Waals surface area contributed by atoms with E-state index >= 15 is 0 Å². The van der Waals surface area contributed by atoms with Crippen molar-refractivity contribution in [2.75, 3.05) is 4.72 Å². The highest BCUT2D eigenvalue weighted by Gasteiger charge is 2.29. The van der Waals surface area contributed by atoms with Gasteiger partial charge in [-0.25, -0.2) is 13.4 Å². The lowest BCUT2D eigenvalue weighted by atomic mass is 10.3. The first-order valence-electron chi connectivity index (χ1n) is 5.53. The second-order valence-corrected chi connectivity index (χ2v) is 6.59. The number of sulfonamides is 1. The molecule has 2 aromatic rings. The molecule has 94 valence electrons. The third-order valence-corrected chi connectivity index (χ3v) is 4.90. The zero-order chi connectivity index (χ0) is 12.6. The summed E-state index contributed by atoms with van der Waals surface area (Å²) in [5.41, 5.74) is 0.747. The van der Waals surface area contributed by atoms with E-state index in [0.717, 1.165) is 18.5 Å². The molecule has 5 nitrogen and oxygen atoms in total. The molecule has 0 aliphatic heterocycles. The van der Waals surface area contributed by atoms with Crippen LogP contribution >= 0.6 is 11.3 Å². The molecule has 2 aromatic heterocycles. The van der Waals surface area contributed by atoms with Gasteiger partial charge in [-0.2, -0.15) is 11.3 Å². The summed E-state index contributed by atoms with van der Waals surface area (Å²) >= 11 is 1.34. The Morgan fingerprint density at radius 3 is 2.72 bits per heavy atom. The van der Waals surface area contributed by atoms with E-state index in [1.165, 1.54) is 17.5 Å². The molecule has 1 aliphatic rings. The summed E-state index contributed by atoms with van der Waals surface area (Å²) in [6.07, 6.45) is 5.19. The molecule has 0 bridgehead atoms. The van der Waals surface area contributed by atoms with Crippen molar-refractivity contribution >= 4 is 27.2 Å². The fourth-order valence-electron chi connectivity index (χ4n) is 1.67. The van der Waals surface area contributed by atoms with Crippen LogP contribution in [0.3, 0.4) is 0 Å². The quantitative estimate of drug-likeness (QED) is 0.932. The standard InChI is InChI=1S/C11H11N3O2S2/c15-18(16,9-3-6-17-7-9)14-11-10(8-1-2-8)12-4-5-13-11/h3-8H,1-2H2,(H,13,14). The number of hydrogen-bond donors (Lipinski definition) is 1. The molecule has 18 heavy (non-hydrogen) atoms. The summed E-state index contributed by atoms with van der Waals surface area (Å²) in [6.45, 7) is 0. The van der Waals surface area contributed by atoms with Crippen molar-refractivity contribution in [3.05, 3.63) is 34.9 Å². The average molecular weight is 281 g/mol. The zero-order valence-electron chi connectivity index (χ0n) is 9.41. The molecule has 0 spiro atoms. The van der Waals surface area contributed by atoms with Crippen molar-refractivity contribution in [3.8, 4) is 0 Å². The van der Waals surface area contributed by atoms with Crippen LogP contribution in [-0.4, -0.2) is 18.4 Å². The van der Waals surface area contributed by atoms with Gasteiger partial charge < -0.3 is 0 Å². The highest BCUT2D eigenvalue weighted by atomic mass is 32.2. The van der Waals surface area contributed by atoms with E-state index in [-0.39, 0.29) is 4.90 Å². The Labute approximate surface area is 109 Å². The number of hydrogen-bond acceptors (Lipinski definition) is 5. The molecule has 1 saturated carbocycles. The highest BCUT2D eigenvalue weighted by Crippen LogP contribution is 2.41. The molecule has 0 unspecified atom stereocenters. The Morgan fingerprint density at radius 1 is 1.28 bits per heavy atom. The van der Waals surface area contributed by atoms with Crippen molar-refractivity contribution in [1.82, 2.24) is 9.97 Å². The Bertz CT molecular complexity index is 649. The Kier molecular flexibility index (Phi) is 2.79. The third-order valence-electron chi connectivity index (χ3n) is 2.73. The van der Waals surface area contributed by atoms with Gasteiger partial charge in [-0.1, -0.05) is 0 Å². The molecule has 0 aromatic carbocycles. The number of aromatic nitrogens is 2. The summed E-state index contributed by atoms with van der Waals surface area (Å²) in [5.74, 6) is 0.699. The molecule has 7 heteroatoms. The SMILES string of the molecule is O=S(=O)(Nc1nccnc1C1CC1)c1ccsc1. The average Bonchev–Trinajstić information content (AvgIpc) is 3.03. The van der Waals surface area contributed by atoms with E-state index in [4.69, 9.17) is 0 Å². The predicted octanol–water partition coefficient (Wildman–Crippen LogP) is 2.22. The van der Waals surface area contributed by atoms with Crippen LogP contribution in [0.25, 0.3) is 0 Å². The van der Waals surface area contributed by atoms with Crippen LogP contribution in [0, 0.1) is 0 Å². The van der Waals surface area contributed by atoms with E-state index in [2.05, 4.69) is 14.7 Å². The number of thiophene rings is 1. The van der Waals surface area contributed by atoms with Gasteiger partial charge in [0.05, 0.1) is 10.6 Å². The van der Waals surface area contributed by atoms with E-state index < -0.39 is 10.0 Å². The first-order valence-corrected chi connectivity index (χ1v) is 7.95. The van der Waals surface area contributed by atoms with Crippen LogP contribution in [0.5, 0.6) is 0 Å². The Hall–Kier alpha value is -1.47. The maximum absolute atomic E-state index is 12.1. The molecule has 1 N–H and O–H groups in total. The highest BCUT2D eigenvalue weighted by molar-refractivity contribution is 7.92. The van der Waals surface area contributed by atoms with Crippen molar-refractivity contribution in [1.29, 1.82) is 0 Å². The van der Waals surface area contributed by atoms with Gasteiger partial charge in [0.15, 0.2) is 5.82 Å². The number of anilines is 1. The van der Waals surface area contributed by atoms with Gasteiger partial charge >= 0.3 is 0 Å². The topological polar surface area (TPSA) is 72.0 Å². The summed E-state index contributed by atoms with van der Waals surface area (Å²) in [6, 6.07) is 1.57. The monoisotopic (exact) mass is 281 g/mol. The lowest BCUT2D eigenvalue weighted by Crippen LogP contribution is -2.15. The molecule has 1 aliphatic carbocycles. The second-order valence-electron chi connectivity index (χ2n) is 4.13. The number of nitrogens with zero attached hydrogens (tertiary/aromatic N) is 2. The van der Waals surface area contributed by atoms with E-state index in [1.54, 1.807) is 23.0 Å². The minimum Gasteiger partial charge on any atom is -0.262 e. The van der Waals surface area contributed by atoms with Crippen LogP contribution in [0.4, 0.5) is 5.82 Å². The first kappa shape index (κ1) is 11.6. The fourth-order valence-corrected chi connectivity index (χ4v) is 3.73. The van der Waals surface area contributed by atoms with Gasteiger partial charge in [0, 0.05) is 23.7 Å². The molecule has 3 rings (SSSR count). The molecule has 1 fully saturated rings. The fraction of sp³-hybridized carbons (Fsp3) is 0.273. The summed E-state index contributed by atoms with van der Waals surface area (Å²) < 4.78 is 26.7. The molecule has 2 heterocycles. The predicted molar refractivity (Wildman–Crippen MR) is 69.1 cm³/mol. The van der Waals surface area contributed by atoms with Gasteiger partial charge in [-0.05, 0) is 24.3 Å². The van der Waals surface area contributed by atoms with Crippen molar-refractivity contribution in [2.24, 2.45) is 0 Å². The maximum Gasteiger partial charge on any atom is 0.263 e. The van der Waals surface area contributed by atoms with Crippen LogP contribution in [0.2, 0.25) is 0 Å². The van der Waals surface area contributed by atoms with E-state index in [1.807, 2.05) is 0 Å². The van der Waals surface area contributed by atoms with E-state index in [0.29, 0.717) is 11.7 Å². The van der Waals surface area contributed by atoms with Crippen LogP contribution in [0.1, 0.15) is 24.5 Å². The van der Waals surface area contributed by atoms with Crippen LogP contribution in [0.15, 0.2) is 34.1 Å². The van der Waals surface area contributed by atoms with Gasteiger partial charge in [0.2, 0.25) is 0 Å². The van der Waals surface area contributed by atoms with Gasteiger partial charge in [0.25, 0.3) is 10.0 Å². The molecule has 0 atom stereocenters. The maximum atomic E-state index is 12.1. The number of nitrogens with one attached hydrogen (secondary N) is 1. The molecular weight excluding hydrogens is 270 g/mol. The molecular formula is C11H11N3O2S2. The van der Waals surface area contributed by atoms with Gasteiger partial charge in [-0.3, -0.25) is 9.71 Å². The summed E-state index contributed by atoms with van der Waals surface area (Å²) in [4.78, 5) is 8.57. The zero-order valence-corrected chi connectivity index (χ0v) is 11.0. The van der Waals surface area contributed by atoms with Gasteiger partial charge in [0.1, 0.15) is 0 Å². The normalized spacial score (nSPS) is 15.6. The third kappa shape index (κ3) is 2.23. The minimum atomic E-state index is -3.54. The summed E-state index contributed by atoms with van der Waals surface area (Å²) in [5, 5.41) is 3.32. The van der Waals surface area contributed by atoms with Crippen molar-refractivity contribution in [3.63, 3.8) is 0 Å². The first-order chi connectivity index (χ1) is 8.67. The van der Waals surface area contributed by atoms with Crippen molar-refractivity contribution in [2.45, 2.75) is 23.7 Å². The molecule has 0 radical (unpaired) electrons. The van der Waals surface area contributed by atoms with E-state index in [9.17, 15) is 8.42 Å². The second kappa shape index (κ2) is 4.33. The number of rotatable bonds is 4. The van der Waals surface area contributed by atoms with Gasteiger partial charge in [-0.15, -0.1) is 0 Å². The molecule has 0 saturated heterocycles.